The molecule has 0 aliphatic carbocycles. The highest BCUT2D eigenvalue weighted by atomic mass is 32.2. The van der Waals surface area contributed by atoms with E-state index < -0.39 is 21.8 Å². The number of sulfone groups is 1. The Labute approximate surface area is 108 Å². The molecule has 0 saturated heterocycles. The van der Waals surface area contributed by atoms with E-state index in [4.69, 9.17) is 0 Å². The molecule has 10 heteroatoms. The van der Waals surface area contributed by atoms with Gasteiger partial charge in [0.15, 0.2) is 0 Å². The molecule has 0 aliphatic heterocycles. The zero-order valence-electron chi connectivity index (χ0n) is 10.2. The Morgan fingerprint density at radius 2 is 1.84 bits per heavy atom. The highest BCUT2D eigenvalue weighted by molar-refractivity contribution is 7.90. The molecule has 6 nitrogen and oxygen atoms in total. The van der Waals surface area contributed by atoms with Crippen LogP contribution in [0.5, 0.6) is 0 Å². The fourth-order valence-electron chi connectivity index (χ4n) is 1.16. The Kier molecular flexibility index (Phi) is 4.56. The van der Waals surface area contributed by atoms with E-state index >= 15 is 0 Å². The molecule has 0 atom stereocenters. The fourth-order valence-corrected chi connectivity index (χ4v) is 1.63. The molecule has 1 aromatic rings. The Hall–Kier alpha value is -1.58. The molecule has 0 amide bonds. The van der Waals surface area contributed by atoms with Crippen LogP contribution in [0.25, 0.3) is 0 Å². The molecule has 0 radical (unpaired) electrons. The Morgan fingerprint density at radius 3 is 2.32 bits per heavy atom. The van der Waals surface area contributed by atoms with Gasteiger partial charge in [-0.3, -0.25) is 0 Å². The minimum atomic E-state index is -4.67. The van der Waals surface area contributed by atoms with Gasteiger partial charge in [0.05, 0.1) is 5.75 Å². The predicted molar refractivity (Wildman–Crippen MR) is 64.8 cm³/mol. The van der Waals surface area contributed by atoms with E-state index in [9.17, 15) is 21.6 Å². The van der Waals surface area contributed by atoms with Gasteiger partial charge in [0.2, 0.25) is 5.82 Å². The summed E-state index contributed by atoms with van der Waals surface area (Å²) in [5.74, 6) is -1.59. The van der Waals surface area contributed by atoms with Crippen LogP contribution >= 0.6 is 0 Å². The number of halogens is 3. The molecule has 19 heavy (non-hydrogen) atoms. The lowest BCUT2D eigenvalue weighted by atomic mass is 10.4. The molecule has 0 spiro atoms. The summed E-state index contributed by atoms with van der Waals surface area (Å²) in [7, 11) is -1.77. The largest absolute Gasteiger partial charge is 0.451 e. The van der Waals surface area contributed by atoms with Gasteiger partial charge in [-0.25, -0.2) is 18.4 Å². The lowest BCUT2D eigenvalue weighted by molar-refractivity contribution is -0.144. The quantitative estimate of drug-likeness (QED) is 0.843. The van der Waals surface area contributed by atoms with Gasteiger partial charge in [-0.15, -0.1) is 0 Å². The van der Waals surface area contributed by atoms with E-state index in [0.717, 1.165) is 6.26 Å². The minimum absolute atomic E-state index is 0.0100. The third-order valence-corrected chi connectivity index (χ3v) is 2.96. The molecule has 108 valence electrons. The SMILES string of the molecule is CNc1cc(NCCS(C)(=O)=O)nc(C(F)(F)F)n1. The number of anilines is 2. The normalized spacial score (nSPS) is 12.3. The average Bonchev–Trinajstić information content (AvgIpc) is 2.25. The molecule has 1 rings (SSSR count). The van der Waals surface area contributed by atoms with Crippen LogP contribution in [0.1, 0.15) is 5.82 Å². The first kappa shape index (κ1) is 15.5. The Bertz CT molecular complexity index is 545. The van der Waals surface area contributed by atoms with Crippen molar-refractivity contribution in [1.29, 1.82) is 0 Å². The zero-order chi connectivity index (χ0) is 14.7. The zero-order valence-corrected chi connectivity index (χ0v) is 11.1. The molecular formula is C9H13F3N4O2S. The van der Waals surface area contributed by atoms with Crippen LogP contribution in [0.3, 0.4) is 0 Å². The van der Waals surface area contributed by atoms with Crippen LogP contribution in [-0.4, -0.2) is 44.0 Å². The van der Waals surface area contributed by atoms with Crippen LogP contribution in [0, 0.1) is 0 Å². The summed E-state index contributed by atoms with van der Waals surface area (Å²) in [4.78, 5) is 6.56. The monoisotopic (exact) mass is 298 g/mol. The van der Waals surface area contributed by atoms with Crippen molar-refractivity contribution in [2.24, 2.45) is 0 Å². The van der Waals surface area contributed by atoms with Gasteiger partial charge in [-0.2, -0.15) is 13.2 Å². The number of hydrogen-bond donors (Lipinski definition) is 2. The number of hydrogen-bond acceptors (Lipinski definition) is 6. The molecule has 0 saturated carbocycles. The van der Waals surface area contributed by atoms with Gasteiger partial charge in [0, 0.05) is 25.9 Å². The second-order valence-electron chi connectivity index (χ2n) is 3.77. The van der Waals surface area contributed by atoms with Gasteiger partial charge < -0.3 is 10.6 Å². The van der Waals surface area contributed by atoms with E-state index in [0.29, 0.717) is 0 Å². The number of alkyl halides is 3. The third kappa shape index (κ3) is 5.28. The van der Waals surface area contributed by atoms with Crippen molar-refractivity contribution >= 4 is 21.5 Å². The van der Waals surface area contributed by atoms with Gasteiger partial charge in [-0.05, 0) is 0 Å². The van der Waals surface area contributed by atoms with E-state index in [1.807, 2.05) is 0 Å². The average molecular weight is 298 g/mol. The van der Waals surface area contributed by atoms with Crippen molar-refractivity contribution in [1.82, 2.24) is 9.97 Å². The second-order valence-corrected chi connectivity index (χ2v) is 6.03. The first-order valence-corrected chi connectivity index (χ1v) is 7.23. The number of nitrogens with one attached hydrogen (secondary N) is 2. The second kappa shape index (κ2) is 5.59. The summed E-state index contributed by atoms with van der Waals surface area (Å²) in [5.41, 5.74) is 0. The summed E-state index contributed by atoms with van der Waals surface area (Å²) >= 11 is 0. The van der Waals surface area contributed by atoms with Crippen LogP contribution in [-0.2, 0) is 16.0 Å². The molecular weight excluding hydrogens is 285 g/mol. The number of aromatic nitrogens is 2. The van der Waals surface area contributed by atoms with Gasteiger partial charge in [0.1, 0.15) is 21.5 Å². The van der Waals surface area contributed by atoms with Crippen molar-refractivity contribution in [3.05, 3.63) is 11.9 Å². The van der Waals surface area contributed by atoms with Crippen LogP contribution in [0.15, 0.2) is 6.07 Å². The maximum atomic E-state index is 12.5. The van der Waals surface area contributed by atoms with E-state index in [2.05, 4.69) is 20.6 Å². The van der Waals surface area contributed by atoms with E-state index in [-0.39, 0.29) is 23.9 Å². The predicted octanol–water partition coefficient (Wildman–Crippen LogP) is 0.994. The van der Waals surface area contributed by atoms with Crippen LogP contribution < -0.4 is 10.6 Å². The lowest BCUT2D eigenvalue weighted by Crippen LogP contribution is -2.18. The summed E-state index contributed by atoms with van der Waals surface area (Å²) < 4.78 is 59.4. The van der Waals surface area contributed by atoms with E-state index in [1.165, 1.54) is 13.1 Å². The van der Waals surface area contributed by atoms with Crippen molar-refractivity contribution in [3.63, 3.8) is 0 Å². The maximum absolute atomic E-state index is 12.5. The minimum Gasteiger partial charge on any atom is -0.373 e. The molecule has 0 unspecified atom stereocenters. The molecule has 0 aliphatic rings. The lowest BCUT2D eigenvalue weighted by Gasteiger charge is -2.11. The van der Waals surface area contributed by atoms with Crippen molar-refractivity contribution in [2.75, 3.05) is 36.2 Å². The molecule has 0 aromatic carbocycles. The van der Waals surface area contributed by atoms with Crippen molar-refractivity contribution in [2.45, 2.75) is 6.18 Å². The Morgan fingerprint density at radius 1 is 1.26 bits per heavy atom. The summed E-state index contributed by atoms with van der Waals surface area (Å²) in [6.07, 6.45) is -3.63. The first-order chi connectivity index (χ1) is 8.62. The van der Waals surface area contributed by atoms with Gasteiger partial charge >= 0.3 is 6.18 Å². The van der Waals surface area contributed by atoms with E-state index in [1.54, 1.807) is 0 Å². The van der Waals surface area contributed by atoms with Crippen molar-refractivity contribution < 1.29 is 21.6 Å². The highest BCUT2D eigenvalue weighted by Gasteiger charge is 2.35. The van der Waals surface area contributed by atoms with Gasteiger partial charge in [-0.1, -0.05) is 0 Å². The standard InChI is InChI=1S/C9H13F3N4O2S/c1-13-6-5-7(14-3-4-19(2,17)18)16-8(15-6)9(10,11)12/h5H,3-4H2,1-2H3,(H2,13,14,15,16). The van der Waals surface area contributed by atoms with Crippen LogP contribution in [0.4, 0.5) is 24.8 Å². The van der Waals surface area contributed by atoms with Crippen LogP contribution in [0.2, 0.25) is 0 Å². The molecule has 0 bridgehead atoms. The van der Waals surface area contributed by atoms with Gasteiger partial charge in [0.25, 0.3) is 0 Å². The number of rotatable bonds is 5. The third-order valence-electron chi connectivity index (χ3n) is 2.01. The number of nitrogens with zero attached hydrogens (tertiary/aromatic N) is 2. The Balaban J connectivity index is 2.89. The highest BCUT2D eigenvalue weighted by Crippen LogP contribution is 2.28. The smallest absolute Gasteiger partial charge is 0.373 e. The molecule has 2 N–H and O–H groups in total. The maximum Gasteiger partial charge on any atom is 0.451 e. The van der Waals surface area contributed by atoms with Crippen molar-refractivity contribution in [3.8, 4) is 0 Å². The molecule has 0 fully saturated rings. The summed E-state index contributed by atoms with van der Waals surface area (Å²) in [5, 5.41) is 5.00. The topological polar surface area (TPSA) is 84.0 Å². The molecule has 1 aromatic heterocycles. The first-order valence-electron chi connectivity index (χ1n) is 5.17. The summed E-state index contributed by atoms with van der Waals surface area (Å²) in [6, 6.07) is 1.26. The fraction of sp³-hybridized carbons (Fsp3) is 0.556. The summed E-state index contributed by atoms with van der Waals surface area (Å²) in [6.45, 7) is -0.0315. The molecule has 1 heterocycles.